The van der Waals surface area contributed by atoms with Crippen molar-refractivity contribution in [2.75, 3.05) is 13.2 Å². The maximum absolute atomic E-state index is 12.5. The van der Waals surface area contributed by atoms with Crippen LogP contribution in [0, 0.1) is 0 Å². The molecule has 1 unspecified atom stereocenters. The van der Waals surface area contributed by atoms with Crippen LogP contribution in [0.3, 0.4) is 0 Å². The molecule has 1 aliphatic rings. The van der Waals surface area contributed by atoms with Crippen LogP contribution in [-0.2, 0) is 22.5 Å². The third kappa shape index (κ3) is 3.88. The zero-order chi connectivity index (χ0) is 18.6. The molecule has 1 saturated heterocycles. The van der Waals surface area contributed by atoms with Gasteiger partial charge in [0.1, 0.15) is 12.2 Å². The van der Waals surface area contributed by atoms with Crippen LogP contribution < -0.4 is 5.32 Å². The monoisotopic (exact) mass is 368 g/mol. The molecule has 4 rings (SSSR count). The van der Waals surface area contributed by atoms with Gasteiger partial charge in [0.25, 0.3) is 5.89 Å². The van der Waals surface area contributed by atoms with Crippen LogP contribution in [0.25, 0.3) is 22.5 Å². The first kappa shape index (κ1) is 17.7. The Morgan fingerprint density at radius 2 is 2.22 bits per heavy atom. The molecule has 1 atom stereocenters. The molecule has 0 spiro atoms. The topological polar surface area (TPSA) is 82.2 Å². The number of carbonyl (C=O) groups is 1. The highest BCUT2D eigenvalue weighted by Gasteiger charge is 2.20. The smallest absolute Gasteiger partial charge is 0.264 e. The van der Waals surface area contributed by atoms with E-state index < -0.39 is 0 Å². The van der Waals surface area contributed by atoms with Gasteiger partial charge in [0.2, 0.25) is 11.8 Å². The molecule has 142 valence electrons. The van der Waals surface area contributed by atoms with Gasteiger partial charge in [-0.05, 0) is 31.4 Å². The summed E-state index contributed by atoms with van der Waals surface area (Å²) in [5, 5.41) is 12.3. The number of benzene rings is 1. The Bertz CT molecular complexity index is 924. The molecule has 1 aromatic carbocycles. The summed E-state index contributed by atoms with van der Waals surface area (Å²) in [6, 6.07) is 9.94. The first-order valence-corrected chi connectivity index (χ1v) is 9.54. The number of rotatable bonds is 7. The van der Waals surface area contributed by atoms with Crippen molar-refractivity contribution in [3.8, 4) is 11.6 Å². The van der Waals surface area contributed by atoms with E-state index in [1.165, 1.54) is 0 Å². The van der Waals surface area contributed by atoms with E-state index in [1.54, 1.807) is 0 Å². The van der Waals surface area contributed by atoms with Gasteiger partial charge in [0, 0.05) is 30.5 Å². The Labute approximate surface area is 157 Å². The molecule has 27 heavy (non-hydrogen) atoms. The number of nitrogens with one attached hydrogen (secondary N) is 1. The highest BCUT2D eigenvalue weighted by molar-refractivity contribution is 5.88. The maximum atomic E-state index is 12.5. The highest BCUT2D eigenvalue weighted by Crippen LogP contribution is 2.27. The third-order valence-corrected chi connectivity index (χ3v) is 4.81. The average Bonchev–Trinajstić information content (AvgIpc) is 3.41. The van der Waals surface area contributed by atoms with Gasteiger partial charge in [0.05, 0.1) is 6.10 Å². The van der Waals surface area contributed by atoms with Gasteiger partial charge in [-0.2, -0.15) is 0 Å². The number of amides is 1. The van der Waals surface area contributed by atoms with E-state index >= 15 is 0 Å². The van der Waals surface area contributed by atoms with Crippen molar-refractivity contribution in [3.05, 3.63) is 36.2 Å². The van der Waals surface area contributed by atoms with E-state index in [2.05, 4.69) is 22.4 Å². The lowest BCUT2D eigenvalue weighted by molar-refractivity contribution is -0.122. The molecular weight excluding hydrogens is 344 g/mol. The minimum absolute atomic E-state index is 0.0543. The van der Waals surface area contributed by atoms with Crippen molar-refractivity contribution in [1.82, 2.24) is 20.1 Å². The maximum Gasteiger partial charge on any atom is 0.264 e. The molecule has 0 aliphatic carbocycles. The fraction of sp³-hybridized carbons (Fsp3) is 0.450. The number of hydrogen-bond acceptors (Lipinski definition) is 5. The molecule has 7 heteroatoms. The second-order valence-corrected chi connectivity index (χ2v) is 6.86. The lowest BCUT2D eigenvalue weighted by Gasteiger charge is -2.12. The summed E-state index contributed by atoms with van der Waals surface area (Å²) in [5.41, 5.74) is 1.73. The van der Waals surface area contributed by atoms with Crippen molar-refractivity contribution in [2.24, 2.45) is 0 Å². The number of aromatic nitrogens is 3. The summed E-state index contributed by atoms with van der Waals surface area (Å²) in [7, 11) is 0. The van der Waals surface area contributed by atoms with Gasteiger partial charge in [-0.15, -0.1) is 10.2 Å². The first-order valence-electron chi connectivity index (χ1n) is 9.54. The molecule has 1 N–H and O–H groups in total. The van der Waals surface area contributed by atoms with Crippen LogP contribution in [-0.4, -0.2) is 39.9 Å². The largest absolute Gasteiger partial charge is 0.419 e. The van der Waals surface area contributed by atoms with Crippen LogP contribution >= 0.6 is 0 Å². The van der Waals surface area contributed by atoms with E-state index in [9.17, 15) is 4.79 Å². The molecule has 3 aromatic rings. The Hall–Kier alpha value is -2.67. The molecular formula is C20H24N4O3. The van der Waals surface area contributed by atoms with Crippen molar-refractivity contribution in [3.63, 3.8) is 0 Å². The quantitative estimate of drug-likeness (QED) is 0.693. The van der Waals surface area contributed by atoms with Gasteiger partial charge >= 0.3 is 0 Å². The second kappa shape index (κ2) is 7.92. The lowest BCUT2D eigenvalue weighted by atomic mass is 10.2. The molecule has 0 saturated carbocycles. The summed E-state index contributed by atoms with van der Waals surface area (Å²) >= 11 is 0. The normalized spacial score (nSPS) is 16.9. The number of nitrogens with zero attached hydrogens (tertiary/aromatic N) is 3. The van der Waals surface area contributed by atoms with Crippen LogP contribution in [0.15, 0.2) is 34.7 Å². The van der Waals surface area contributed by atoms with Gasteiger partial charge < -0.3 is 19.0 Å². The zero-order valence-corrected chi connectivity index (χ0v) is 15.5. The molecule has 7 nitrogen and oxygen atoms in total. The first-order chi connectivity index (χ1) is 13.2. The minimum atomic E-state index is -0.0543. The molecule has 1 amide bonds. The number of hydrogen-bond donors (Lipinski definition) is 1. The Morgan fingerprint density at radius 1 is 1.33 bits per heavy atom. The van der Waals surface area contributed by atoms with Gasteiger partial charge in [-0.1, -0.05) is 25.1 Å². The average molecular weight is 368 g/mol. The van der Waals surface area contributed by atoms with Crippen LogP contribution in [0.1, 0.15) is 32.1 Å². The number of carbonyl (C=O) groups excluding carboxylic acids is 1. The number of para-hydroxylation sites is 1. The Balaban J connectivity index is 1.58. The van der Waals surface area contributed by atoms with E-state index in [1.807, 2.05) is 34.9 Å². The number of fused-ring (bicyclic) bond motifs is 1. The molecule has 1 aliphatic heterocycles. The summed E-state index contributed by atoms with van der Waals surface area (Å²) < 4.78 is 13.3. The van der Waals surface area contributed by atoms with E-state index in [0.29, 0.717) is 18.3 Å². The third-order valence-electron chi connectivity index (χ3n) is 4.81. The minimum Gasteiger partial charge on any atom is -0.419 e. The van der Waals surface area contributed by atoms with Crippen molar-refractivity contribution < 1.29 is 13.9 Å². The standard InChI is InChI=1S/C20H24N4O3/c1-2-6-19-22-23-20(27-19)17-11-14-7-3-4-9-16(14)24(17)13-18(25)21-12-15-8-5-10-26-15/h3-4,7,9,11,15H,2,5-6,8,10,12-13H2,1H3,(H,21,25). The van der Waals surface area contributed by atoms with Crippen molar-refractivity contribution >= 4 is 16.8 Å². The predicted octanol–water partition coefficient (Wildman–Crippen LogP) is 2.94. The van der Waals surface area contributed by atoms with E-state index in [-0.39, 0.29) is 18.6 Å². The van der Waals surface area contributed by atoms with E-state index in [4.69, 9.17) is 9.15 Å². The highest BCUT2D eigenvalue weighted by atomic mass is 16.5. The molecule has 2 aromatic heterocycles. The lowest BCUT2D eigenvalue weighted by Crippen LogP contribution is -2.34. The molecule has 3 heterocycles. The predicted molar refractivity (Wildman–Crippen MR) is 101 cm³/mol. The molecule has 0 bridgehead atoms. The van der Waals surface area contributed by atoms with Crippen LogP contribution in [0.4, 0.5) is 0 Å². The summed E-state index contributed by atoms with van der Waals surface area (Å²) in [4.78, 5) is 12.5. The fourth-order valence-electron chi connectivity index (χ4n) is 3.46. The van der Waals surface area contributed by atoms with Crippen LogP contribution in [0.2, 0.25) is 0 Å². The Morgan fingerprint density at radius 3 is 3.04 bits per heavy atom. The fourth-order valence-corrected chi connectivity index (χ4v) is 3.46. The van der Waals surface area contributed by atoms with Gasteiger partial charge in [-0.3, -0.25) is 4.79 Å². The Kier molecular flexibility index (Phi) is 5.20. The zero-order valence-electron chi connectivity index (χ0n) is 15.5. The second-order valence-electron chi connectivity index (χ2n) is 6.86. The van der Waals surface area contributed by atoms with Crippen molar-refractivity contribution in [2.45, 2.75) is 45.3 Å². The number of aryl methyl sites for hydroxylation is 1. The van der Waals surface area contributed by atoms with Gasteiger partial charge in [-0.25, -0.2) is 0 Å². The summed E-state index contributed by atoms with van der Waals surface area (Å²) in [6.45, 7) is 3.60. The number of ether oxygens (including phenoxy) is 1. The van der Waals surface area contributed by atoms with Crippen molar-refractivity contribution in [1.29, 1.82) is 0 Å². The van der Waals surface area contributed by atoms with Gasteiger partial charge in [0.15, 0.2) is 0 Å². The molecule has 0 radical (unpaired) electrons. The molecule has 1 fully saturated rings. The summed E-state index contributed by atoms with van der Waals surface area (Å²) in [6.07, 6.45) is 3.87. The van der Waals surface area contributed by atoms with Crippen LogP contribution in [0.5, 0.6) is 0 Å². The SMILES string of the molecule is CCCc1nnc(-c2cc3ccccc3n2CC(=O)NCC2CCCO2)o1. The summed E-state index contributed by atoms with van der Waals surface area (Å²) in [5.74, 6) is 1.01. The van der Waals surface area contributed by atoms with E-state index in [0.717, 1.165) is 48.9 Å².